The second-order valence-electron chi connectivity index (χ2n) is 8.31. The first kappa shape index (κ1) is 20.4. The molecule has 2 unspecified atom stereocenters. The predicted octanol–water partition coefficient (Wildman–Crippen LogP) is 3.34. The fraction of sp³-hybridized carbons (Fsp3) is 0.333. The summed E-state index contributed by atoms with van der Waals surface area (Å²) in [5, 5.41) is 4.53. The Labute approximate surface area is 185 Å². The van der Waals surface area contributed by atoms with Crippen LogP contribution in [0.2, 0.25) is 0 Å². The molecule has 0 aliphatic carbocycles. The summed E-state index contributed by atoms with van der Waals surface area (Å²) in [4.78, 5) is 33.1. The molecule has 0 N–H and O–H groups in total. The maximum Gasteiger partial charge on any atom is 0.272 e. The van der Waals surface area contributed by atoms with Crippen LogP contribution in [0.1, 0.15) is 46.8 Å². The molecule has 0 saturated carbocycles. The number of halogens is 1. The summed E-state index contributed by atoms with van der Waals surface area (Å²) in [6.07, 6.45) is 6.47. The number of rotatable bonds is 4. The van der Waals surface area contributed by atoms with E-state index in [-0.39, 0.29) is 23.1 Å². The van der Waals surface area contributed by atoms with Crippen molar-refractivity contribution in [1.82, 2.24) is 24.4 Å². The quantitative estimate of drug-likeness (QED) is 0.590. The van der Waals surface area contributed by atoms with E-state index in [1.165, 1.54) is 12.1 Å². The lowest BCUT2D eigenvalue weighted by molar-refractivity contribution is 0.0415. The first-order valence-corrected chi connectivity index (χ1v) is 10.9. The second kappa shape index (κ2) is 7.85. The van der Waals surface area contributed by atoms with Gasteiger partial charge in [-0.1, -0.05) is 19.1 Å². The Morgan fingerprint density at radius 3 is 2.84 bits per heavy atom. The zero-order chi connectivity index (χ0) is 22.4. The van der Waals surface area contributed by atoms with Crippen molar-refractivity contribution in [3.8, 4) is 11.3 Å². The Hall–Kier alpha value is -3.55. The molecule has 1 amide bonds. The minimum absolute atomic E-state index is 0.0836. The van der Waals surface area contributed by atoms with E-state index in [2.05, 4.69) is 34.2 Å². The number of aromatic nitrogens is 3. The minimum atomic E-state index is -0.524. The van der Waals surface area contributed by atoms with Crippen molar-refractivity contribution in [1.29, 1.82) is 0 Å². The van der Waals surface area contributed by atoms with Crippen LogP contribution in [0.3, 0.4) is 0 Å². The highest BCUT2D eigenvalue weighted by Gasteiger charge is 2.37. The number of aldehydes is 1. The van der Waals surface area contributed by atoms with Gasteiger partial charge >= 0.3 is 0 Å². The first-order chi connectivity index (χ1) is 15.5. The van der Waals surface area contributed by atoms with Gasteiger partial charge in [-0.15, -0.1) is 0 Å². The van der Waals surface area contributed by atoms with Gasteiger partial charge in [-0.25, -0.2) is 13.9 Å². The van der Waals surface area contributed by atoms with Gasteiger partial charge in [0.1, 0.15) is 17.8 Å². The number of hydrogen-bond acceptors (Lipinski definition) is 5. The van der Waals surface area contributed by atoms with E-state index in [1.54, 1.807) is 22.7 Å². The van der Waals surface area contributed by atoms with E-state index in [0.29, 0.717) is 42.3 Å². The molecular weight excluding hydrogens is 409 g/mol. The number of benzene rings is 1. The highest BCUT2D eigenvalue weighted by molar-refractivity contribution is 5.93. The number of fused-ring (bicyclic) bond motifs is 2. The van der Waals surface area contributed by atoms with E-state index in [4.69, 9.17) is 0 Å². The Bertz CT molecular complexity index is 1250. The van der Waals surface area contributed by atoms with E-state index >= 15 is 0 Å². The molecule has 1 fully saturated rings. The van der Waals surface area contributed by atoms with Gasteiger partial charge < -0.3 is 9.80 Å². The third kappa shape index (κ3) is 3.26. The zero-order valence-electron chi connectivity index (χ0n) is 18.0. The molecule has 2 aliphatic rings. The highest BCUT2D eigenvalue weighted by atomic mass is 19.1. The Balaban J connectivity index is 1.51. The molecule has 5 rings (SSSR count). The van der Waals surface area contributed by atoms with Crippen molar-refractivity contribution in [3.63, 3.8) is 0 Å². The molecule has 32 heavy (non-hydrogen) atoms. The van der Waals surface area contributed by atoms with Crippen LogP contribution in [0.15, 0.2) is 42.6 Å². The summed E-state index contributed by atoms with van der Waals surface area (Å²) in [7, 11) is 0. The first-order valence-electron chi connectivity index (χ1n) is 10.9. The number of carbonyl (C=O) groups is 2. The highest BCUT2D eigenvalue weighted by Crippen LogP contribution is 2.27. The predicted molar refractivity (Wildman–Crippen MR) is 118 cm³/mol. The molecule has 2 aliphatic heterocycles. The molecule has 0 spiro atoms. The van der Waals surface area contributed by atoms with Crippen LogP contribution in [-0.4, -0.2) is 61.8 Å². The average Bonchev–Trinajstić information content (AvgIpc) is 3.45. The SMILES string of the molecule is CCc1cc(C(=O)N2CCN3C=CCC3C2C)nc2cc(-c3ccc(C=O)cc3F)nn12. The van der Waals surface area contributed by atoms with Gasteiger partial charge in [0, 0.05) is 42.0 Å². The number of carbonyl (C=O) groups excluding carboxylic acids is 2. The van der Waals surface area contributed by atoms with Crippen molar-refractivity contribution in [2.45, 2.75) is 38.8 Å². The van der Waals surface area contributed by atoms with E-state index in [0.717, 1.165) is 18.7 Å². The molecule has 7 nitrogen and oxygen atoms in total. The number of hydrogen-bond donors (Lipinski definition) is 0. The number of piperazine rings is 1. The van der Waals surface area contributed by atoms with Gasteiger partial charge in [-0.2, -0.15) is 5.10 Å². The lowest BCUT2D eigenvalue weighted by Crippen LogP contribution is -2.57. The summed E-state index contributed by atoms with van der Waals surface area (Å²) in [6, 6.07) is 8.13. The third-order valence-electron chi connectivity index (χ3n) is 6.50. The molecule has 0 bridgehead atoms. The van der Waals surface area contributed by atoms with Crippen LogP contribution in [0, 0.1) is 5.82 Å². The number of aryl methyl sites for hydroxylation is 1. The molecule has 2 aromatic heterocycles. The minimum Gasteiger partial charge on any atom is -0.371 e. The van der Waals surface area contributed by atoms with Crippen LogP contribution in [0.25, 0.3) is 16.9 Å². The Morgan fingerprint density at radius 1 is 1.25 bits per heavy atom. The molecule has 8 heteroatoms. The summed E-state index contributed by atoms with van der Waals surface area (Å²) in [5.74, 6) is -0.616. The number of amides is 1. The summed E-state index contributed by atoms with van der Waals surface area (Å²) < 4.78 is 16.2. The largest absolute Gasteiger partial charge is 0.371 e. The van der Waals surface area contributed by atoms with Crippen molar-refractivity contribution in [2.24, 2.45) is 0 Å². The standard InChI is InChI=1S/C24H24FN5O2/c1-3-17-12-21(24(32)29-10-9-28-8-4-5-22(28)15(29)2)26-23-13-20(27-30(17)23)18-7-6-16(14-31)11-19(18)25/h4,6-8,11-15,22H,3,5,9-10H2,1-2H3. The lowest BCUT2D eigenvalue weighted by atomic mass is 10.0. The molecule has 1 aromatic carbocycles. The maximum atomic E-state index is 14.5. The van der Waals surface area contributed by atoms with Gasteiger partial charge in [0.05, 0.1) is 11.7 Å². The van der Waals surface area contributed by atoms with Crippen LogP contribution >= 0.6 is 0 Å². The average molecular weight is 433 g/mol. The smallest absolute Gasteiger partial charge is 0.272 e. The van der Waals surface area contributed by atoms with Gasteiger partial charge in [-0.05, 0) is 44.2 Å². The van der Waals surface area contributed by atoms with Crippen LogP contribution < -0.4 is 0 Å². The van der Waals surface area contributed by atoms with Crippen LogP contribution in [-0.2, 0) is 6.42 Å². The van der Waals surface area contributed by atoms with Gasteiger partial charge in [-0.3, -0.25) is 9.59 Å². The van der Waals surface area contributed by atoms with Crippen molar-refractivity contribution >= 4 is 17.8 Å². The monoisotopic (exact) mass is 433 g/mol. The molecule has 164 valence electrons. The lowest BCUT2D eigenvalue weighted by Gasteiger charge is -2.43. The van der Waals surface area contributed by atoms with E-state index in [1.807, 2.05) is 11.8 Å². The summed E-state index contributed by atoms with van der Waals surface area (Å²) in [5.41, 5.74) is 2.66. The molecule has 2 atom stereocenters. The molecule has 1 saturated heterocycles. The van der Waals surface area contributed by atoms with Crippen molar-refractivity contribution < 1.29 is 14.0 Å². The van der Waals surface area contributed by atoms with Gasteiger partial charge in [0.2, 0.25) is 0 Å². The van der Waals surface area contributed by atoms with E-state index in [9.17, 15) is 14.0 Å². The topological polar surface area (TPSA) is 70.8 Å². The van der Waals surface area contributed by atoms with Crippen LogP contribution in [0.4, 0.5) is 4.39 Å². The second-order valence-corrected chi connectivity index (χ2v) is 8.31. The Morgan fingerprint density at radius 2 is 2.09 bits per heavy atom. The molecule has 3 aromatic rings. The summed E-state index contributed by atoms with van der Waals surface area (Å²) in [6.45, 7) is 5.53. The molecule has 4 heterocycles. The maximum absolute atomic E-state index is 14.5. The van der Waals surface area contributed by atoms with E-state index < -0.39 is 5.82 Å². The third-order valence-corrected chi connectivity index (χ3v) is 6.50. The fourth-order valence-corrected chi connectivity index (χ4v) is 4.71. The molecule has 0 radical (unpaired) electrons. The van der Waals surface area contributed by atoms with Gasteiger partial charge in [0.15, 0.2) is 5.65 Å². The van der Waals surface area contributed by atoms with Crippen molar-refractivity contribution in [3.05, 3.63) is 65.4 Å². The Kier molecular flexibility index (Phi) is 5.00. The summed E-state index contributed by atoms with van der Waals surface area (Å²) >= 11 is 0. The normalized spacial score (nSPS) is 20.1. The van der Waals surface area contributed by atoms with Crippen LogP contribution in [0.5, 0.6) is 0 Å². The number of nitrogens with zero attached hydrogens (tertiary/aromatic N) is 5. The fourth-order valence-electron chi connectivity index (χ4n) is 4.71. The van der Waals surface area contributed by atoms with Crippen molar-refractivity contribution in [2.75, 3.05) is 13.1 Å². The van der Waals surface area contributed by atoms with Gasteiger partial charge in [0.25, 0.3) is 5.91 Å². The zero-order valence-corrected chi connectivity index (χ0v) is 18.0. The molecular formula is C24H24FN5O2.